The van der Waals surface area contributed by atoms with Gasteiger partial charge in [0.15, 0.2) is 0 Å². The van der Waals surface area contributed by atoms with Crippen molar-refractivity contribution in [2.24, 2.45) is 0 Å². The monoisotopic (exact) mass is 220 g/mol. The predicted octanol–water partition coefficient (Wildman–Crippen LogP) is 3.55. The van der Waals surface area contributed by atoms with Gasteiger partial charge in [0.25, 0.3) is 0 Å². The number of esters is 1. The van der Waals surface area contributed by atoms with Crippen molar-refractivity contribution in [2.45, 2.75) is 39.5 Å². The smallest absolute Gasteiger partial charge is 0.337 e. The zero-order valence-electron chi connectivity index (χ0n) is 10.5. The van der Waals surface area contributed by atoms with E-state index >= 15 is 0 Å². The molecule has 0 saturated carbocycles. The normalized spacial score (nSPS) is 10.6. The van der Waals surface area contributed by atoms with Gasteiger partial charge in [-0.3, -0.25) is 0 Å². The van der Waals surface area contributed by atoms with Crippen LogP contribution in [0.2, 0.25) is 0 Å². The highest BCUT2D eigenvalue weighted by Crippen LogP contribution is 2.22. The Morgan fingerprint density at radius 2 is 2.06 bits per heavy atom. The van der Waals surface area contributed by atoms with E-state index in [1.807, 2.05) is 18.2 Å². The lowest BCUT2D eigenvalue weighted by atomic mass is 9.93. The molecule has 88 valence electrons. The van der Waals surface area contributed by atoms with Crippen molar-refractivity contribution in [2.75, 3.05) is 7.11 Å². The molecule has 0 aliphatic carbocycles. The van der Waals surface area contributed by atoms with Crippen molar-refractivity contribution >= 4 is 5.97 Å². The summed E-state index contributed by atoms with van der Waals surface area (Å²) in [7, 11) is 1.41. The summed E-state index contributed by atoms with van der Waals surface area (Å²) in [6, 6.07) is 5.86. The molecule has 16 heavy (non-hydrogen) atoms. The Hall–Kier alpha value is -1.31. The minimum Gasteiger partial charge on any atom is -0.465 e. The number of aryl methyl sites for hydroxylation is 1. The van der Waals surface area contributed by atoms with E-state index in [9.17, 15) is 4.79 Å². The van der Waals surface area contributed by atoms with Gasteiger partial charge in [0, 0.05) is 0 Å². The third kappa shape index (κ3) is 2.84. The molecule has 0 N–H and O–H groups in total. The summed E-state index contributed by atoms with van der Waals surface area (Å²) in [5, 5.41) is 0. The van der Waals surface area contributed by atoms with E-state index in [1.54, 1.807) is 0 Å². The van der Waals surface area contributed by atoms with Crippen LogP contribution >= 0.6 is 0 Å². The number of rotatable bonds is 4. The highest BCUT2D eigenvalue weighted by atomic mass is 16.5. The summed E-state index contributed by atoms with van der Waals surface area (Å²) >= 11 is 0. The van der Waals surface area contributed by atoms with Crippen molar-refractivity contribution in [1.29, 1.82) is 0 Å². The van der Waals surface area contributed by atoms with Crippen LogP contribution in [0.5, 0.6) is 0 Å². The molecule has 0 radical (unpaired) electrons. The second kappa shape index (κ2) is 5.69. The maximum Gasteiger partial charge on any atom is 0.337 e. The highest BCUT2D eigenvalue weighted by molar-refractivity contribution is 5.89. The van der Waals surface area contributed by atoms with E-state index in [-0.39, 0.29) is 5.97 Å². The van der Waals surface area contributed by atoms with Gasteiger partial charge in [0.1, 0.15) is 0 Å². The van der Waals surface area contributed by atoms with E-state index < -0.39 is 0 Å². The second-order valence-electron chi connectivity index (χ2n) is 4.31. The van der Waals surface area contributed by atoms with Gasteiger partial charge in [-0.15, -0.1) is 0 Å². The standard InChI is InChI=1S/C14H20O2/c1-5-6-11-7-8-12(14(15)16-4)9-13(11)10(2)3/h7-10H,5-6H2,1-4H3. The van der Waals surface area contributed by atoms with E-state index in [4.69, 9.17) is 4.74 Å². The largest absolute Gasteiger partial charge is 0.465 e. The molecular weight excluding hydrogens is 200 g/mol. The zero-order chi connectivity index (χ0) is 12.1. The average Bonchev–Trinajstić information content (AvgIpc) is 2.28. The van der Waals surface area contributed by atoms with Gasteiger partial charge < -0.3 is 4.74 Å². The quantitative estimate of drug-likeness (QED) is 0.725. The summed E-state index contributed by atoms with van der Waals surface area (Å²) in [6.45, 7) is 6.46. The van der Waals surface area contributed by atoms with Gasteiger partial charge in [-0.1, -0.05) is 33.3 Å². The molecule has 0 atom stereocenters. The fraction of sp³-hybridized carbons (Fsp3) is 0.500. The summed E-state index contributed by atoms with van der Waals surface area (Å²) < 4.78 is 4.73. The first-order chi connectivity index (χ1) is 7.60. The first-order valence-electron chi connectivity index (χ1n) is 5.81. The van der Waals surface area contributed by atoms with Gasteiger partial charge in [-0.2, -0.15) is 0 Å². The van der Waals surface area contributed by atoms with Crippen LogP contribution < -0.4 is 0 Å². The number of carbonyl (C=O) groups excluding carboxylic acids is 1. The number of hydrogen-bond acceptors (Lipinski definition) is 2. The first kappa shape index (κ1) is 12.8. The topological polar surface area (TPSA) is 26.3 Å². The molecule has 0 amide bonds. The minimum absolute atomic E-state index is 0.259. The van der Waals surface area contributed by atoms with Crippen molar-refractivity contribution in [3.05, 3.63) is 34.9 Å². The van der Waals surface area contributed by atoms with Crippen molar-refractivity contribution in [3.8, 4) is 0 Å². The van der Waals surface area contributed by atoms with Gasteiger partial charge in [0.05, 0.1) is 12.7 Å². The van der Waals surface area contributed by atoms with E-state index in [1.165, 1.54) is 18.2 Å². The zero-order valence-corrected chi connectivity index (χ0v) is 10.5. The third-order valence-corrected chi connectivity index (χ3v) is 2.71. The van der Waals surface area contributed by atoms with Gasteiger partial charge >= 0.3 is 5.97 Å². The lowest BCUT2D eigenvalue weighted by Crippen LogP contribution is -2.04. The van der Waals surface area contributed by atoms with Crippen LogP contribution in [-0.2, 0) is 11.2 Å². The van der Waals surface area contributed by atoms with Gasteiger partial charge in [-0.25, -0.2) is 4.79 Å². The predicted molar refractivity (Wildman–Crippen MR) is 65.9 cm³/mol. The Kier molecular flexibility index (Phi) is 4.53. The summed E-state index contributed by atoms with van der Waals surface area (Å²) in [5.74, 6) is 0.177. The van der Waals surface area contributed by atoms with E-state index in [0.29, 0.717) is 11.5 Å². The van der Waals surface area contributed by atoms with Crippen LogP contribution in [0.15, 0.2) is 18.2 Å². The number of benzene rings is 1. The van der Waals surface area contributed by atoms with Crippen LogP contribution in [0, 0.1) is 0 Å². The molecule has 0 aliphatic heterocycles. The Morgan fingerprint density at radius 1 is 1.38 bits per heavy atom. The molecule has 2 heteroatoms. The van der Waals surface area contributed by atoms with Gasteiger partial charge in [0.2, 0.25) is 0 Å². The Bertz CT molecular complexity index is 367. The van der Waals surface area contributed by atoms with Crippen molar-refractivity contribution < 1.29 is 9.53 Å². The van der Waals surface area contributed by atoms with Crippen molar-refractivity contribution in [1.82, 2.24) is 0 Å². The fourth-order valence-electron chi connectivity index (χ4n) is 1.87. The Balaban J connectivity index is 3.12. The maximum atomic E-state index is 11.4. The first-order valence-corrected chi connectivity index (χ1v) is 5.81. The Labute approximate surface area is 97.6 Å². The SMILES string of the molecule is CCCc1ccc(C(=O)OC)cc1C(C)C. The molecular formula is C14H20O2. The highest BCUT2D eigenvalue weighted by Gasteiger charge is 2.11. The van der Waals surface area contributed by atoms with Gasteiger partial charge in [-0.05, 0) is 35.6 Å². The van der Waals surface area contributed by atoms with Crippen LogP contribution in [-0.4, -0.2) is 13.1 Å². The molecule has 0 heterocycles. The summed E-state index contributed by atoms with van der Waals surface area (Å²) in [5.41, 5.74) is 3.24. The number of ether oxygens (including phenoxy) is 1. The van der Waals surface area contributed by atoms with Crippen molar-refractivity contribution in [3.63, 3.8) is 0 Å². The summed E-state index contributed by atoms with van der Waals surface area (Å²) in [6.07, 6.45) is 2.19. The molecule has 0 aromatic heterocycles. The molecule has 0 fully saturated rings. The molecule has 0 aliphatic rings. The second-order valence-corrected chi connectivity index (χ2v) is 4.31. The minimum atomic E-state index is -0.259. The maximum absolute atomic E-state index is 11.4. The molecule has 1 aromatic carbocycles. The lowest BCUT2D eigenvalue weighted by Gasteiger charge is -2.13. The molecule has 0 spiro atoms. The molecule has 0 saturated heterocycles. The van der Waals surface area contributed by atoms with Crippen LogP contribution in [0.4, 0.5) is 0 Å². The van der Waals surface area contributed by atoms with Crippen LogP contribution in [0.3, 0.4) is 0 Å². The molecule has 0 unspecified atom stereocenters. The molecule has 1 aromatic rings. The van der Waals surface area contributed by atoms with Crippen LogP contribution in [0.25, 0.3) is 0 Å². The molecule has 2 nitrogen and oxygen atoms in total. The number of hydrogen-bond donors (Lipinski definition) is 0. The number of methoxy groups -OCH3 is 1. The molecule has 1 rings (SSSR count). The average molecular weight is 220 g/mol. The lowest BCUT2D eigenvalue weighted by molar-refractivity contribution is 0.0600. The van der Waals surface area contributed by atoms with Crippen LogP contribution in [0.1, 0.15) is 54.6 Å². The molecule has 0 bridgehead atoms. The fourth-order valence-corrected chi connectivity index (χ4v) is 1.87. The third-order valence-electron chi connectivity index (χ3n) is 2.71. The summed E-state index contributed by atoms with van der Waals surface area (Å²) in [4.78, 5) is 11.4. The van der Waals surface area contributed by atoms with E-state index in [2.05, 4.69) is 20.8 Å². The Morgan fingerprint density at radius 3 is 2.56 bits per heavy atom. The van der Waals surface area contributed by atoms with E-state index in [0.717, 1.165) is 12.8 Å². The number of carbonyl (C=O) groups is 1.